The number of hydrogen-bond donors (Lipinski definition) is 2. The van der Waals surface area contributed by atoms with Crippen LogP contribution in [0.3, 0.4) is 0 Å². The fraction of sp³-hybridized carbons (Fsp3) is 0.600. The first-order chi connectivity index (χ1) is 12.5. The molecule has 6 heteroatoms. The van der Waals surface area contributed by atoms with E-state index in [1.807, 2.05) is 19.1 Å². The standard InChI is InChI=1S/C20H29NO5/c1-4-5-8-15(18(22)23)21-19(24)20(11-6-7-12-20)14-9-10-16(25-2)17(13-14)26-3/h9-10,13,15H,4-8,11-12H2,1-3H3,(H,21,24)(H,22,23)/t15-/m0/s1. The molecule has 144 valence electrons. The van der Waals surface area contributed by atoms with E-state index in [9.17, 15) is 14.7 Å². The number of carboxylic acids is 1. The van der Waals surface area contributed by atoms with Gasteiger partial charge in [0, 0.05) is 0 Å². The third-order valence-corrected chi connectivity index (χ3v) is 5.28. The van der Waals surface area contributed by atoms with Crippen molar-refractivity contribution in [2.75, 3.05) is 14.2 Å². The molecule has 1 aliphatic carbocycles. The molecule has 0 bridgehead atoms. The van der Waals surface area contributed by atoms with Crippen LogP contribution in [0.4, 0.5) is 0 Å². The SMILES string of the molecule is CCCC[C@H](NC(=O)C1(c2ccc(OC)c(OC)c2)CCCC1)C(=O)O. The number of nitrogens with one attached hydrogen (secondary N) is 1. The molecule has 0 unspecified atom stereocenters. The molecule has 6 nitrogen and oxygen atoms in total. The van der Waals surface area contributed by atoms with Gasteiger partial charge in [0.2, 0.25) is 5.91 Å². The molecule has 1 saturated carbocycles. The summed E-state index contributed by atoms with van der Waals surface area (Å²) in [6.07, 6.45) is 5.38. The van der Waals surface area contributed by atoms with Gasteiger partial charge in [-0.2, -0.15) is 0 Å². The van der Waals surface area contributed by atoms with Crippen molar-refractivity contribution in [1.29, 1.82) is 0 Å². The summed E-state index contributed by atoms with van der Waals surface area (Å²) in [5.74, 6) is -0.000938. The van der Waals surface area contributed by atoms with Crippen LogP contribution in [0, 0.1) is 0 Å². The van der Waals surface area contributed by atoms with Gasteiger partial charge in [-0.05, 0) is 37.0 Å². The first-order valence-corrected chi connectivity index (χ1v) is 9.24. The minimum Gasteiger partial charge on any atom is -0.493 e. The van der Waals surface area contributed by atoms with Crippen molar-refractivity contribution in [2.45, 2.75) is 63.3 Å². The topological polar surface area (TPSA) is 84.9 Å². The number of hydrogen-bond acceptors (Lipinski definition) is 4. The quantitative estimate of drug-likeness (QED) is 0.703. The number of aliphatic carboxylic acids is 1. The number of amides is 1. The Morgan fingerprint density at radius 1 is 1.19 bits per heavy atom. The largest absolute Gasteiger partial charge is 0.493 e. The smallest absolute Gasteiger partial charge is 0.326 e. The van der Waals surface area contributed by atoms with Crippen LogP contribution in [-0.4, -0.2) is 37.2 Å². The zero-order valence-electron chi connectivity index (χ0n) is 15.8. The second-order valence-corrected chi connectivity index (χ2v) is 6.87. The van der Waals surface area contributed by atoms with Crippen molar-refractivity contribution >= 4 is 11.9 Å². The summed E-state index contributed by atoms with van der Waals surface area (Å²) >= 11 is 0. The van der Waals surface area contributed by atoms with Crippen molar-refractivity contribution in [1.82, 2.24) is 5.32 Å². The highest BCUT2D eigenvalue weighted by atomic mass is 16.5. The van der Waals surface area contributed by atoms with E-state index >= 15 is 0 Å². The second-order valence-electron chi connectivity index (χ2n) is 6.87. The molecule has 0 spiro atoms. The number of carboxylic acid groups (broad SMARTS) is 1. The first kappa shape index (κ1) is 20.1. The molecule has 1 aliphatic rings. The fourth-order valence-electron chi connectivity index (χ4n) is 3.72. The summed E-state index contributed by atoms with van der Waals surface area (Å²) in [6.45, 7) is 2.00. The zero-order chi connectivity index (χ0) is 19.2. The van der Waals surface area contributed by atoms with E-state index in [-0.39, 0.29) is 5.91 Å². The van der Waals surface area contributed by atoms with Crippen LogP contribution in [0.25, 0.3) is 0 Å². The number of methoxy groups -OCH3 is 2. The van der Waals surface area contributed by atoms with Gasteiger partial charge in [0.15, 0.2) is 11.5 Å². The molecule has 1 aromatic carbocycles. The van der Waals surface area contributed by atoms with Gasteiger partial charge in [0.05, 0.1) is 19.6 Å². The van der Waals surface area contributed by atoms with Gasteiger partial charge in [0.25, 0.3) is 0 Å². The van der Waals surface area contributed by atoms with Gasteiger partial charge in [-0.15, -0.1) is 0 Å². The highest BCUT2D eigenvalue weighted by Gasteiger charge is 2.44. The van der Waals surface area contributed by atoms with Crippen LogP contribution in [0.15, 0.2) is 18.2 Å². The Balaban J connectivity index is 2.31. The van der Waals surface area contributed by atoms with Crippen LogP contribution in [0.5, 0.6) is 11.5 Å². The van der Waals surface area contributed by atoms with Crippen molar-refractivity contribution in [3.63, 3.8) is 0 Å². The lowest BCUT2D eigenvalue weighted by Gasteiger charge is -2.30. The van der Waals surface area contributed by atoms with Crippen LogP contribution in [0.2, 0.25) is 0 Å². The van der Waals surface area contributed by atoms with Crippen LogP contribution >= 0.6 is 0 Å². The maximum atomic E-state index is 13.2. The minimum absolute atomic E-state index is 0.203. The molecule has 0 heterocycles. The molecule has 0 aromatic heterocycles. The number of carbonyl (C=O) groups excluding carboxylic acids is 1. The zero-order valence-corrected chi connectivity index (χ0v) is 15.8. The summed E-state index contributed by atoms with van der Waals surface area (Å²) in [5, 5.41) is 12.2. The first-order valence-electron chi connectivity index (χ1n) is 9.24. The molecular weight excluding hydrogens is 334 g/mol. The monoisotopic (exact) mass is 363 g/mol. The molecule has 1 fully saturated rings. The highest BCUT2D eigenvalue weighted by Crippen LogP contribution is 2.44. The van der Waals surface area contributed by atoms with Crippen LogP contribution in [-0.2, 0) is 15.0 Å². The van der Waals surface area contributed by atoms with E-state index < -0.39 is 17.4 Å². The molecule has 2 N–H and O–H groups in total. The molecule has 1 amide bonds. The Hall–Kier alpha value is -2.24. The van der Waals surface area contributed by atoms with Crippen LogP contribution in [0.1, 0.15) is 57.4 Å². The van der Waals surface area contributed by atoms with E-state index in [1.165, 1.54) is 0 Å². The third-order valence-electron chi connectivity index (χ3n) is 5.28. The van der Waals surface area contributed by atoms with Crippen molar-refractivity contribution in [2.24, 2.45) is 0 Å². The normalized spacial score (nSPS) is 16.7. The predicted octanol–water partition coefficient (Wildman–Crippen LogP) is 3.28. The van der Waals surface area contributed by atoms with E-state index in [4.69, 9.17) is 9.47 Å². The minimum atomic E-state index is -0.979. The number of rotatable bonds is 9. The Labute approximate surface area is 154 Å². The Kier molecular flexibility index (Phi) is 6.89. The lowest BCUT2D eigenvalue weighted by molar-refractivity contribution is -0.143. The molecule has 1 atom stereocenters. The molecule has 1 aromatic rings. The summed E-state index contributed by atoms with van der Waals surface area (Å²) in [6, 6.07) is 4.67. The molecular formula is C20H29NO5. The molecule has 0 saturated heterocycles. The van der Waals surface area contributed by atoms with Crippen molar-refractivity contribution < 1.29 is 24.2 Å². The maximum Gasteiger partial charge on any atom is 0.326 e. The van der Waals surface area contributed by atoms with Gasteiger partial charge < -0.3 is 19.9 Å². The molecule has 2 rings (SSSR count). The van der Waals surface area contributed by atoms with Crippen molar-refractivity contribution in [3.05, 3.63) is 23.8 Å². The number of carbonyl (C=O) groups is 2. The Morgan fingerprint density at radius 2 is 1.85 bits per heavy atom. The average molecular weight is 363 g/mol. The van der Waals surface area contributed by atoms with Gasteiger partial charge in [-0.25, -0.2) is 4.79 Å². The van der Waals surface area contributed by atoms with E-state index in [2.05, 4.69) is 5.32 Å². The van der Waals surface area contributed by atoms with Crippen LogP contribution < -0.4 is 14.8 Å². The number of ether oxygens (including phenoxy) is 2. The number of benzene rings is 1. The third kappa shape index (κ3) is 4.11. The average Bonchev–Trinajstić information content (AvgIpc) is 3.15. The van der Waals surface area contributed by atoms with Gasteiger partial charge >= 0.3 is 5.97 Å². The Bertz CT molecular complexity index is 637. The Morgan fingerprint density at radius 3 is 2.38 bits per heavy atom. The van der Waals surface area contributed by atoms with Gasteiger partial charge in [-0.1, -0.05) is 38.7 Å². The molecule has 26 heavy (non-hydrogen) atoms. The second kappa shape index (κ2) is 8.92. The lowest BCUT2D eigenvalue weighted by atomic mass is 9.77. The molecule has 0 radical (unpaired) electrons. The number of unbranched alkanes of at least 4 members (excludes halogenated alkanes) is 1. The summed E-state index contributed by atoms with van der Waals surface area (Å²) in [7, 11) is 3.13. The van der Waals surface area contributed by atoms with Gasteiger partial charge in [-0.3, -0.25) is 4.79 Å². The van der Waals surface area contributed by atoms with Gasteiger partial charge in [0.1, 0.15) is 6.04 Å². The predicted molar refractivity (Wildman–Crippen MR) is 98.8 cm³/mol. The molecule has 0 aliphatic heterocycles. The lowest BCUT2D eigenvalue weighted by Crippen LogP contribution is -2.49. The fourth-order valence-corrected chi connectivity index (χ4v) is 3.72. The summed E-state index contributed by atoms with van der Waals surface area (Å²) in [5.41, 5.74) is 0.143. The summed E-state index contributed by atoms with van der Waals surface area (Å²) < 4.78 is 10.7. The maximum absolute atomic E-state index is 13.2. The highest BCUT2D eigenvalue weighted by molar-refractivity contribution is 5.92. The van der Waals surface area contributed by atoms with E-state index in [0.717, 1.165) is 31.2 Å². The van der Waals surface area contributed by atoms with E-state index in [0.29, 0.717) is 30.8 Å². The summed E-state index contributed by atoms with van der Waals surface area (Å²) in [4.78, 5) is 24.7. The van der Waals surface area contributed by atoms with Crippen molar-refractivity contribution in [3.8, 4) is 11.5 Å². The van der Waals surface area contributed by atoms with E-state index in [1.54, 1.807) is 20.3 Å².